The van der Waals surface area contributed by atoms with E-state index in [1.54, 1.807) is 47.7 Å². The summed E-state index contributed by atoms with van der Waals surface area (Å²) in [6.45, 7) is 0.0184. The van der Waals surface area contributed by atoms with E-state index >= 15 is 0 Å². The van der Waals surface area contributed by atoms with Crippen LogP contribution in [0.5, 0.6) is 0 Å². The zero-order valence-electron chi connectivity index (χ0n) is 14.5. The molecule has 28 heavy (non-hydrogen) atoms. The van der Waals surface area contributed by atoms with Gasteiger partial charge in [0.15, 0.2) is 5.76 Å². The van der Waals surface area contributed by atoms with Crippen molar-refractivity contribution in [2.24, 2.45) is 0 Å². The molecule has 4 aromatic rings. The molecule has 0 radical (unpaired) electrons. The molecule has 0 bridgehead atoms. The van der Waals surface area contributed by atoms with Crippen LogP contribution in [-0.2, 0) is 11.3 Å². The van der Waals surface area contributed by atoms with E-state index in [0.717, 1.165) is 4.88 Å². The molecule has 0 saturated heterocycles. The van der Waals surface area contributed by atoms with Gasteiger partial charge in [0.05, 0.1) is 15.3 Å². The standard InChI is InChI=1S/C20H14N2O4S2/c23-19(18-4-2-10-28-18)21-14-7-5-13(6-8-14)20(24)25-12-15-11-16(26-22-15)17-3-1-9-27-17/h1-11H,12H2,(H,21,23). The lowest BCUT2D eigenvalue weighted by atomic mass is 10.2. The van der Waals surface area contributed by atoms with Gasteiger partial charge in [-0.3, -0.25) is 4.79 Å². The molecule has 0 saturated carbocycles. The van der Waals surface area contributed by atoms with E-state index in [2.05, 4.69) is 10.5 Å². The van der Waals surface area contributed by atoms with Gasteiger partial charge in [-0.15, -0.1) is 22.7 Å². The van der Waals surface area contributed by atoms with Gasteiger partial charge in [-0.2, -0.15) is 0 Å². The lowest BCUT2D eigenvalue weighted by Gasteiger charge is -2.06. The molecular formula is C20H14N2O4S2. The molecule has 8 heteroatoms. The van der Waals surface area contributed by atoms with Crippen LogP contribution in [0.25, 0.3) is 10.6 Å². The van der Waals surface area contributed by atoms with E-state index < -0.39 is 5.97 Å². The average molecular weight is 410 g/mol. The van der Waals surface area contributed by atoms with Crippen LogP contribution in [0.3, 0.4) is 0 Å². The van der Waals surface area contributed by atoms with E-state index in [1.165, 1.54) is 11.3 Å². The van der Waals surface area contributed by atoms with Crippen molar-refractivity contribution in [3.8, 4) is 10.6 Å². The van der Waals surface area contributed by atoms with Crippen LogP contribution < -0.4 is 5.32 Å². The van der Waals surface area contributed by atoms with Crippen LogP contribution in [0.15, 0.2) is 69.9 Å². The second-order valence-electron chi connectivity index (χ2n) is 5.74. The summed E-state index contributed by atoms with van der Waals surface area (Å²) in [6, 6.07) is 15.7. The number of esters is 1. The van der Waals surface area contributed by atoms with Gasteiger partial charge in [-0.25, -0.2) is 4.79 Å². The number of amides is 1. The zero-order chi connectivity index (χ0) is 19.3. The molecule has 6 nitrogen and oxygen atoms in total. The van der Waals surface area contributed by atoms with Crippen molar-refractivity contribution >= 4 is 40.2 Å². The summed E-state index contributed by atoms with van der Waals surface area (Å²) >= 11 is 2.91. The minimum atomic E-state index is -0.475. The number of anilines is 1. The number of hydrogen-bond donors (Lipinski definition) is 1. The summed E-state index contributed by atoms with van der Waals surface area (Å²) in [6.07, 6.45) is 0. The van der Waals surface area contributed by atoms with Gasteiger partial charge in [0.1, 0.15) is 12.3 Å². The third-order valence-corrected chi connectivity index (χ3v) is 5.55. The Balaban J connectivity index is 1.33. The van der Waals surface area contributed by atoms with Crippen molar-refractivity contribution in [2.75, 3.05) is 5.32 Å². The number of ether oxygens (including phenoxy) is 1. The van der Waals surface area contributed by atoms with Crippen molar-refractivity contribution in [1.82, 2.24) is 5.16 Å². The smallest absolute Gasteiger partial charge is 0.338 e. The van der Waals surface area contributed by atoms with Crippen molar-refractivity contribution < 1.29 is 18.8 Å². The molecule has 0 fully saturated rings. The molecule has 4 rings (SSSR count). The Labute approximate surface area is 168 Å². The Morgan fingerprint density at radius 1 is 1.04 bits per heavy atom. The van der Waals surface area contributed by atoms with Crippen LogP contribution >= 0.6 is 22.7 Å². The third-order valence-electron chi connectivity index (χ3n) is 3.80. The molecule has 0 atom stereocenters. The minimum absolute atomic E-state index is 0.0184. The highest BCUT2D eigenvalue weighted by Crippen LogP contribution is 2.25. The first-order chi connectivity index (χ1) is 13.7. The van der Waals surface area contributed by atoms with Crippen LogP contribution in [0.4, 0.5) is 5.69 Å². The SMILES string of the molecule is O=C(OCc1cc(-c2cccs2)on1)c1ccc(NC(=O)c2cccs2)cc1. The highest BCUT2D eigenvalue weighted by Gasteiger charge is 2.12. The maximum absolute atomic E-state index is 12.2. The highest BCUT2D eigenvalue weighted by molar-refractivity contribution is 7.13. The van der Waals surface area contributed by atoms with Gasteiger partial charge in [-0.1, -0.05) is 17.3 Å². The van der Waals surface area contributed by atoms with E-state index in [4.69, 9.17) is 9.26 Å². The van der Waals surface area contributed by atoms with Crippen molar-refractivity contribution in [3.63, 3.8) is 0 Å². The Kier molecular flexibility index (Phi) is 5.31. The molecule has 1 aromatic carbocycles. The second kappa shape index (κ2) is 8.20. The molecule has 0 unspecified atom stereocenters. The molecule has 0 aliphatic rings. The topological polar surface area (TPSA) is 81.4 Å². The summed E-state index contributed by atoms with van der Waals surface area (Å²) in [5, 5.41) is 10.5. The van der Waals surface area contributed by atoms with Crippen molar-refractivity contribution in [1.29, 1.82) is 0 Å². The predicted molar refractivity (Wildman–Crippen MR) is 108 cm³/mol. The van der Waals surface area contributed by atoms with Gasteiger partial charge in [0.2, 0.25) is 0 Å². The number of hydrogen-bond acceptors (Lipinski definition) is 7. The fourth-order valence-electron chi connectivity index (χ4n) is 2.43. The van der Waals surface area contributed by atoms with E-state index in [1.807, 2.05) is 29.0 Å². The Morgan fingerprint density at radius 3 is 2.54 bits per heavy atom. The number of thiophene rings is 2. The summed E-state index contributed by atoms with van der Waals surface area (Å²) in [5.74, 6) is -0.0124. The largest absolute Gasteiger partial charge is 0.455 e. The Morgan fingerprint density at radius 2 is 1.82 bits per heavy atom. The molecule has 0 aliphatic carbocycles. The monoisotopic (exact) mass is 410 g/mol. The van der Waals surface area contributed by atoms with Gasteiger partial charge < -0.3 is 14.6 Å². The number of rotatable bonds is 6. The summed E-state index contributed by atoms with van der Waals surface area (Å²) < 4.78 is 10.5. The number of aromatic nitrogens is 1. The van der Waals surface area contributed by atoms with E-state index in [9.17, 15) is 9.59 Å². The fourth-order valence-corrected chi connectivity index (χ4v) is 3.72. The van der Waals surface area contributed by atoms with Gasteiger partial charge in [-0.05, 0) is 47.2 Å². The van der Waals surface area contributed by atoms with Crippen LogP contribution in [0.2, 0.25) is 0 Å². The minimum Gasteiger partial charge on any atom is -0.455 e. The van der Waals surface area contributed by atoms with Crippen molar-refractivity contribution in [2.45, 2.75) is 6.61 Å². The summed E-state index contributed by atoms with van der Waals surface area (Å²) in [7, 11) is 0. The fraction of sp³-hybridized carbons (Fsp3) is 0.0500. The molecule has 140 valence electrons. The maximum Gasteiger partial charge on any atom is 0.338 e. The number of nitrogens with one attached hydrogen (secondary N) is 1. The third kappa shape index (κ3) is 4.19. The van der Waals surface area contributed by atoms with Gasteiger partial charge in [0.25, 0.3) is 5.91 Å². The lowest BCUT2D eigenvalue weighted by molar-refractivity contribution is 0.0464. The van der Waals surface area contributed by atoms with Crippen LogP contribution in [0.1, 0.15) is 25.7 Å². The zero-order valence-corrected chi connectivity index (χ0v) is 16.1. The van der Waals surface area contributed by atoms with Crippen LogP contribution in [0, 0.1) is 0 Å². The van der Waals surface area contributed by atoms with Crippen molar-refractivity contribution in [3.05, 3.63) is 81.5 Å². The lowest BCUT2D eigenvalue weighted by Crippen LogP contribution is -2.10. The Bertz CT molecular complexity index is 1070. The number of benzene rings is 1. The first-order valence-electron chi connectivity index (χ1n) is 8.30. The first-order valence-corrected chi connectivity index (χ1v) is 10.1. The highest BCUT2D eigenvalue weighted by atomic mass is 32.1. The molecular weight excluding hydrogens is 396 g/mol. The quantitative estimate of drug-likeness (QED) is 0.449. The summed E-state index contributed by atoms with van der Waals surface area (Å²) in [5.41, 5.74) is 1.53. The number of carbonyl (C=O) groups is 2. The first kappa shape index (κ1) is 18.1. The average Bonchev–Trinajstić information content (AvgIpc) is 3.49. The maximum atomic E-state index is 12.2. The summed E-state index contributed by atoms with van der Waals surface area (Å²) in [4.78, 5) is 25.8. The Hall–Kier alpha value is -3.23. The van der Waals surface area contributed by atoms with Gasteiger partial charge >= 0.3 is 5.97 Å². The molecule has 0 aliphatic heterocycles. The number of carbonyl (C=O) groups excluding carboxylic acids is 2. The van der Waals surface area contributed by atoms with Crippen LogP contribution in [-0.4, -0.2) is 17.0 Å². The molecule has 1 amide bonds. The predicted octanol–water partition coefficient (Wildman–Crippen LogP) is 5.07. The second-order valence-corrected chi connectivity index (χ2v) is 7.64. The molecule has 3 aromatic heterocycles. The van der Waals surface area contributed by atoms with E-state index in [0.29, 0.717) is 27.6 Å². The van der Waals surface area contributed by atoms with Gasteiger partial charge in [0, 0.05) is 11.8 Å². The van der Waals surface area contributed by atoms with E-state index in [-0.39, 0.29) is 12.5 Å². The number of nitrogens with zero attached hydrogens (tertiary/aromatic N) is 1. The molecule has 3 heterocycles. The molecule has 1 N–H and O–H groups in total. The normalized spacial score (nSPS) is 10.6. The molecule has 0 spiro atoms.